The zero-order valence-corrected chi connectivity index (χ0v) is 27.7. The number of methoxy groups -OCH3 is 2. The van der Waals surface area contributed by atoms with Crippen LogP contribution in [0.15, 0.2) is 72.8 Å². The molecule has 1 saturated heterocycles. The maximum Gasteiger partial charge on any atom is 0.326 e. The minimum atomic E-state index is -1.12. The molecule has 7 nitrogen and oxygen atoms in total. The summed E-state index contributed by atoms with van der Waals surface area (Å²) in [5.74, 6) is -1.20. The Labute approximate surface area is 266 Å². The minimum Gasteiger partial charge on any atom is -0.496 e. The van der Waals surface area contributed by atoms with Gasteiger partial charge in [0.1, 0.15) is 11.8 Å². The van der Waals surface area contributed by atoms with Gasteiger partial charge >= 0.3 is 5.97 Å². The SMILES string of the molecule is COc1ccc(C(C)(C)C)cc1CN[C@H]1[C@H](C(C)(C)C)[C@@H](C(=O)O)N(C(=O)[C@@H](OC)c2cccc(Cl)c2)[C@H]1c1ccccc1. The maximum absolute atomic E-state index is 14.6. The third-order valence-electron chi connectivity index (χ3n) is 8.60. The molecular formula is C36H45ClN2O5. The third-order valence-corrected chi connectivity index (χ3v) is 8.84. The lowest BCUT2D eigenvalue weighted by Gasteiger charge is -2.35. The van der Waals surface area contributed by atoms with Gasteiger partial charge in [-0.2, -0.15) is 0 Å². The number of nitrogens with one attached hydrogen (secondary N) is 1. The summed E-state index contributed by atoms with van der Waals surface area (Å²) in [6.07, 6.45) is -1.04. The van der Waals surface area contributed by atoms with E-state index in [9.17, 15) is 14.7 Å². The van der Waals surface area contributed by atoms with Gasteiger partial charge < -0.3 is 24.8 Å². The molecule has 236 valence electrons. The summed E-state index contributed by atoms with van der Waals surface area (Å²) in [6.45, 7) is 13.0. The number of likely N-dealkylation sites (tertiary alicyclic amines) is 1. The second kappa shape index (κ2) is 13.3. The fourth-order valence-electron chi connectivity index (χ4n) is 6.52. The topological polar surface area (TPSA) is 88.1 Å². The van der Waals surface area contributed by atoms with Gasteiger partial charge in [0.05, 0.1) is 13.2 Å². The highest BCUT2D eigenvalue weighted by atomic mass is 35.5. The van der Waals surface area contributed by atoms with Gasteiger partial charge in [-0.25, -0.2) is 4.79 Å². The number of carboxylic acids is 1. The number of hydrogen-bond donors (Lipinski definition) is 2. The van der Waals surface area contributed by atoms with Crippen molar-refractivity contribution in [1.29, 1.82) is 0 Å². The Kier molecular flexibility index (Phi) is 10.1. The molecule has 3 aromatic rings. The van der Waals surface area contributed by atoms with Crippen LogP contribution in [0.3, 0.4) is 0 Å². The first-order valence-electron chi connectivity index (χ1n) is 15.0. The molecule has 4 rings (SSSR count). The molecule has 0 aromatic heterocycles. The quantitative estimate of drug-likeness (QED) is 0.263. The van der Waals surface area contributed by atoms with Gasteiger partial charge in [0.25, 0.3) is 5.91 Å². The number of amides is 1. The summed E-state index contributed by atoms with van der Waals surface area (Å²) in [7, 11) is 3.11. The summed E-state index contributed by atoms with van der Waals surface area (Å²) < 4.78 is 11.5. The number of hydrogen-bond acceptors (Lipinski definition) is 5. The van der Waals surface area contributed by atoms with E-state index < -0.39 is 47.4 Å². The van der Waals surface area contributed by atoms with E-state index in [0.29, 0.717) is 17.1 Å². The molecule has 0 saturated carbocycles. The van der Waals surface area contributed by atoms with Crippen molar-refractivity contribution in [3.8, 4) is 5.75 Å². The van der Waals surface area contributed by atoms with Crippen LogP contribution < -0.4 is 10.1 Å². The molecule has 1 aliphatic heterocycles. The van der Waals surface area contributed by atoms with Crippen molar-refractivity contribution in [2.75, 3.05) is 14.2 Å². The predicted molar refractivity (Wildman–Crippen MR) is 174 cm³/mol. The zero-order valence-electron chi connectivity index (χ0n) is 26.9. The number of benzene rings is 3. The highest BCUT2D eigenvalue weighted by Crippen LogP contribution is 2.49. The van der Waals surface area contributed by atoms with Crippen molar-refractivity contribution in [3.05, 3.63) is 100 Å². The van der Waals surface area contributed by atoms with Crippen molar-refractivity contribution in [2.24, 2.45) is 11.3 Å². The molecule has 0 spiro atoms. The second-order valence-corrected chi connectivity index (χ2v) is 14.1. The molecule has 0 unspecified atom stereocenters. The smallest absolute Gasteiger partial charge is 0.326 e. The molecule has 44 heavy (non-hydrogen) atoms. The Bertz CT molecular complexity index is 1460. The number of aliphatic carboxylic acids is 1. The molecule has 8 heteroatoms. The molecule has 0 bridgehead atoms. The lowest BCUT2D eigenvalue weighted by molar-refractivity contribution is -0.157. The van der Waals surface area contributed by atoms with Gasteiger partial charge in [-0.15, -0.1) is 0 Å². The molecule has 1 aliphatic rings. The third kappa shape index (κ3) is 6.96. The molecule has 0 aliphatic carbocycles. The Hall–Kier alpha value is -3.39. The monoisotopic (exact) mass is 620 g/mol. The molecule has 5 atom stereocenters. The Balaban J connectivity index is 1.87. The van der Waals surface area contributed by atoms with E-state index in [1.165, 1.54) is 12.0 Å². The summed E-state index contributed by atoms with van der Waals surface area (Å²) in [5, 5.41) is 15.0. The van der Waals surface area contributed by atoms with Crippen molar-refractivity contribution in [2.45, 2.75) is 77.7 Å². The zero-order chi connectivity index (χ0) is 32.4. The maximum atomic E-state index is 14.6. The van der Waals surface area contributed by atoms with Gasteiger partial charge in [0.2, 0.25) is 0 Å². The second-order valence-electron chi connectivity index (χ2n) is 13.6. The first kappa shape index (κ1) is 33.5. The number of rotatable bonds is 9. The van der Waals surface area contributed by atoms with Crippen LogP contribution in [-0.4, -0.2) is 48.2 Å². The Morgan fingerprint density at radius 2 is 1.64 bits per heavy atom. The number of carboxylic acid groups (broad SMARTS) is 1. The number of carbonyl (C=O) groups excluding carboxylic acids is 1. The normalized spacial score (nSPS) is 21.2. The lowest BCUT2D eigenvalue weighted by atomic mass is 9.72. The average molecular weight is 621 g/mol. The predicted octanol–water partition coefficient (Wildman–Crippen LogP) is 7.19. The number of halogens is 1. The van der Waals surface area contributed by atoms with E-state index in [1.54, 1.807) is 31.4 Å². The first-order valence-corrected chi connectivity index (χ1v) is 15.4. The lowest BCUT2D eigenvalue weighted by Crippen LogP contribution is -2.49. The van der Waals surface area contributed by atoms with Crippen molar-refractivity contribution in [1.82, 2.24) is 10.2 Å². The van der Waals surface area contributed by atoms with Crippen molar-refractivity contribution < 1.29 is 24.2 Å². The van der Waals surface area contributed by atoms with Crippen LogP contribution in [-0.2, 0) is 26.3 Å². The molecular weight excluding hydrogens is 576 g/mol. The van der Waals surface area contributed by atoms with Crippen LogP contribution in [0.2, 0.25) is 5.02 Å². The largest absolute Gasteiger partial charge is 0.496 e. The average Bonchev–Trinajstić information content (AvgIpc) is 3.32. The summed E-state index contributed by atoms with van der Waals surface area (Å²) in [6, 6.07) is 20.6. The van der Waals surface area contributed by atoms with Crippen LogP contribution in [0, 0.1) is 11.3 Å². The number of carbonyl (C=O) groups is 2. The number of ether oxygens (including phenoxy) is 2. The van der Waals surface area contributed by atoms with Crippen LogP contribution in [0.25, 0.3) is 0 Å². The fraction of sp³-hybridized carbons (Fsp3) is 0.444. The standard InChI is InChI=1S/C36H45ClN2O5/c1-35(2,3)25-17-18-27(43-7)24(19-25)21-38-29-28(36(4,5)6)31(34(41)42)39(30(29)22-13-10-9-11-14-22)33(40)32(44-8)23-15-12-16-26(37)20-23/h9-20,28-32,38H,21H2,1-8H3,(H,41,42)/t28-,29-,30-,31-,32-/m0/s1. The van der Waals surface area contributed by atoms with Crippen molar-refractivity contribution in [3.63, 3.8) is 0 Å². The molecule has 1 fully saturated rings. The van der Waals surface area contributed by atoms with Crippen LogP contribution in [0.4, 0.5) is 0 Å². The van der Waals surface area contributed by atoms with Gasteiger partial charge in [-0.05, 0) is 45.7 Å². The molecule has 1 amide bonds. The van der Waals surface area contributed by atoms with Crippen LogP contribution >= 0.6 is 11.6 Å². The van der Waals surface area contributed by atoms with E-state index in [1.807, 2.05) is 57.2 Å². The van der Waals surface area contributed by atoms with Gasteiger partial charge in [0.15, 0.2) is 6.10 Å². The van der Waals surface area contributed by atoms with Crippen LogP contribution in [0.5, 0.6) is 5.75 Å². The van der Waals surface area contributed by atoms with Gasteiger partial charge in [-0.3, -0.25) is 4.79 Å². The first-order chi connectivity index (χ1) is 20.7. The molecule has 1 heterocycles. The Morgan fingerprint density at radius 3 is 2.18 bits per heavy atom. The summed E-state index contributed by atoms with van der Waals surface area (Å²) >= 11 is 6.29. The summed E-state index contributed by atoms with van der Waals surface area (Å²) in [4.78, 5) is 29.3. The van der Waals surface area contributed by atoms with E-state index >= 15 is 0 Å². The molecule has 2 N–H and O–H groups in total. The van der Waals surface area contributed by atoms with E-state index in [0.717, 1.165) is 22.4 Å². The van der Waals surface area contributed by atoms with Crippen LogP contribution in [0.1, 0.15) is 75.9 Å². The van der Waals surface area contributed by atoms with Gasteiger partial charge in [0, 0.05) is 36.2 Å². The Morgan fingerprint density at radius 1 is 0.955 bits per heavy atom. The summed E-state index contributed by atoms with van der Waals surface area (Å²) in [5.41, 5.74) is 2.98. The highest BCUT2D eigenvalue weighted by molar-refractivity contribution is 6.30. The van der Waals surface area contributed by atoms with E-state index in [2.05, 4.69) is 38.2 Å². The minimum absolute atomic E-state index is 0.0674. The van der Waals surface area contributed by atoms with E-state index in [-0.39, 0.29) is 5.41 Å². The molecule has 0 radical (unpaired) electrons. The highest BCUT2D eigenvalue weighted by Gasteiger charge is 2.58. The fourth-order valence-corrected chi connectivity index (χ4v) is 6.72. The molecule has 3 aromatic carbocycles. The number of nitrogens with zero attached hydrogens (tertiary/aromatic N) is 1. The van der Waals surface area contributed by atoms with Gasteiger partial charge in [-0.1, -0.05) is 108 Å². The van der Waals surface area contributed by atoms with E-state index in [4.69, 9.17) is 21.1 Å². The van der Waals surface area contributed by atoms with Crippen molar-refractivity contribution >= 4 is 23.5 Å².